The van der Waals surface area contributed by atoms with E-state index in [0.29, 0.717) is 5.88 Å². The van der Waals surface area contributed by atoms with Gasteiger partial charge in [0.1, 0.15) is 5.76 Å². The number of rotatable bonds is 6. The number of nitrogens with zero attached hydrogens (tertiary/aromatic N) is 1. The number of unbranched alkanes of at least 4 members (excludes halogenated alkanes) is 1. The van der Waals surface area contributed by atoms with Crippen molar-refractivity contribution in [3.8, 4) is 0 Å². The molecule has 0 atom stereocenters. The quantitative estimate of drug-likeness (QED) is 0.624. The molecule has 0 aromatic carbocycles. The van der Waals surface area contributed by atoms with Gasteiger partial charge in [-0.1, -0.05) is 33.3 Å². The summed E-state index contributed by atoms with van der Waals surface area (Å²) in [4.78, 5) is 4.37. The van der Waals surface area contributed by atoms with Crippen LogP contribution in [0.4, 0.5) is 5.88 Å². The maximum atomic E-state index is 5.57. The molecule has 0 N–H and O–H groups in total. The number of hydrogen-bond acceptors (Lipinski definition) is 2. The van der Waals surface area contributed by atoms with Crippen LogP contribution in [0.5, 0.6) is 0 Å². The van der Waals surface area contributed by atoms with Crippen molar-refractivity contribution in [2.45, 2.75) is 46.5 Å². The van der Waals surface area contributed by atoms with Crippen molar-refractivity contribution in [2.75, 3.05) is 0 Å². The van der Waals surface area contributed by atoms with Crippen LogP contribution in [0, 0.1) is 6.92 Å². The fraction of sp³-hybridized carbons (Fsp3) is 0.500. The molecule has 2 nitrogen and oxygen atoms in total. The van der Waals surface area contributed by atoms with Gasteiger partial charge in [-0.25, -0.2) is 4.99 Å². The van der Waals surface area contributed by atoms with Gasteiger partial charge in [0, 0.05) is 11.8 Å². The first-order chi connectivity index (χ1) is 7.69. The van der Waals surface area contributed by atoms with E-state index in [0.717, 1.165) is 42.6 Å². The second kappa shape index (κ2) is 6.31. The molecule has 0 fully saturated rings. The maximum absolute atomic E-state index is 5.57. The molecule has 16 heavy (non-hydrogen) atoms. The monoisotopic (exact) mass is 219 g/mol. The molecule has 0 bridgehead atoms. The molecule has 1 rings (SSSR count). The van der Waals surface area contributed by atoms with E-state index >= 15 is 0 Å². The molecule has 0 saturated heterocycles. The van der Waals surface area contributed by atoms with Gasteiger partial charge in [-0.15, -0.1) is 0 Å². The van der Waals surface area contributed by atoms with Crippen LogP contribution in [0.25, 0.3) is 5.57 Å². The summed E-state index contributed by atoms with van der Waals surface area (Å²) in [6.07, 6.45) is 6.10. The Morgan fingerprint density at radius 1 is 1.44 bits per heavy atom. The maximum Gasteiger partial charge on any atom is 0.226 e. The van der Waals surface area contributed by atoms with Crippen LogP contribution in [0.1, 0.15) is 50.9 Å². The normalized spacial score (nSPS) is 11.2. The Kier molecular flexibility index (Phi) is 5.03. The molecule has 88 valence electrons. The van der Waals surface area contributed by atoms with Gasteiger partial charge in [0.25, 0.3) is 0 Å². The Balaban J connectivity index is 2.86. The topological polar surface area (TPSA) is 25.5 Å². The Hall–Kier alpha value is -1.31. The average molecular weight is 219 g/mol. The number of furan rings is 1. The van der Waals surface area contributed by atoms with Crippen LogP contribution in [0.3, 0.4) is 0 Å². The number of allylic oxidation sites excluding steroid dienone is 1. The standard InChI is InChI=1S/C14H21NO/c1-5-7-9-15-14-13(10-12(4)16-14)11(3)8-6-2/h9-10H,3,5-8H2,1-2,4H3/b15-9-. The van der Waals surface area contributed by atoms with Gasteiger partial charge in [0.05, 0.1) is 0 Å². The van der Waals surface area contributed by atoms with Crippen LogP contribution < -0.4 is 0 Å². The van der Waals surface area contributed by atoms with Gasteiger partial charge >= 0.3 is 0 Å². The third-order valence-electron chi connectivity index (χ3n) is 2.39. The molecule has 0 aliphatic rings. The summed E-state index contributed by atoms with van der Waals surface area (Å²) < 4.78 is 5.57. The third kappa shape index (κ3) is 3.37. The Bertz CT molecular complexity index is 374. The SMILES string of the molecule is C=C(CCC)c1cc(C)oc1/N=C\CCC. The molecule has 2 heteroatoms. The lowest BCUT2D eigenvalue weighted by molar-refractivity contribution is 0.544. The summed E-state index contributed by atoms with van der Waals surface area (Å²) in [5, 5.41) is 0. The van der Waals surface area contributed by atoms with E-state index in [4.69, 9.17) is 4.42 Å². The van der Waals surface area contributed by atoms with Gasteiger partial charge in [-0.05, 0) is 31.4 Å². The first kappa shape index (κ1) is 12.8. The van der Waals surface area contributed by atoms with E-state index in [9.17, 15) is 0 Å². The van der Waals surface area contributed by atoms with Crippen molar-refractivity contribution < 1.29 is 4.42 Å². The lowest BCUT2D eigenvalue weighted by Crippen LogP contribution is -1.80. The van der Waals surface area contributed by atoms with Crippen molar-refractivity contribution in [1.82, 2.24) is 0 Å². The fourth-order valence-electron chi connectivity index (χ4n) is 1.56. The first-order valence-corrected chi connectivity index (χ1v) is 6.00. The summed E-state index contributed by atoms with van der Waals surface area (Å²) in [5.74, 6) is 1.61. The lowest BCUT2D eigenvalue weighted by atomic mass is 10.1. The summed E-state index contributed by atoms with van der Waals surface area (Å²) in [5.41, 5.74) is 2.18. The molecule has 0 spiro atoms. The lowest BCUT2D eigenvalue weighted by Gasteiger charge is -2.00. The minimum absolute atomic E-state index is 0.712. The van der Waals surface area contributed by atoms with Crippen LogP contribution in [0.15, 0.2) is 22.1 Å². The van der Waals surface area contributed by atoms with Crippen LogP contribution in [-0.2, 0) is 0 Å². The summed E-state index contributed by atoms with van der Waals surface area (Å²) in [6, 6.07) is 2.02. The molecule has 0 amide bonds. The highest BCUT2D eigenvalue weighted by Gasteiger charge is 2.10. The van der Waals surface area contributed by atoms with Crippen molar-refractivity contribution in [3.63, 3.8) is 0 Å². The molecule has 0 radical (unpaired) electrons. The van der Waals surface area contributed by atoms with Crippen molar-refractivity contribution >= 4 is 17.7 Å². The Labute approximate surface area is 98.1 Å². The molecule has 0 unspecified atom stereocenters. The molecule has 1 heterocycles. The minimum atomic E-state index is 0.712. The summed E-state index contributed by atoms with van der Waals surface area (Å²) in [6.45, 7) is 10.3. The molecular weight excluding hydrogens is 198 g/mol. The molecule has 0 aliphatic carbocycles. The number of hydrogen-bond donors (Lipinski definition) is 0. The minimum Gasteiger partial charge on any atom is -0.443 e. The van der Waals surface area contributed by atoms with E-state index in [-0.39, 0.29) is 0 Å². The van der Waals surface area contributed by atoms with Crippen LogP contribution in [0.2, 0.25) is 0 Å². The predicted octanol–water partition coefficient (Wildman–Crippen LogP) is 4.90. The van der Waals surface area contributed by atoms with Crippen molar-refractivity contribution in [2.24, 2.45) is 4.99 Å². The van der Waals surface area contributed by atoms with E-state index in [1.807, 2.05) is 19.2 Å². The Morgan fingerprint density at radius 2 is 2.19 bits per heavy atom. The van der Waals surface area contributed by atoms with Crippen molar-refractivity contribution in [1.29, 1.82) is 0 Å². The zero-order valence-corrected chi connectivity index (χ0v) is 10.5. The predicted molar refractivity (Wildman–Crippen MR) is 70.4 cm³/mol. The third-order valence-corrected chi connectivity index (χ3v) is 2.39. The van der Waals surface area contributed by atoms with E-state index in [1.165, 1.54) is 0 Å². The molecular formula is C14H21NO. The summed E-state index contributed by atoms with van der Waals surface area (Å²) in [7, 11) is 0. The zero-order valence-electron chi connectivity index (χ0n) is 10.5. The number of aryl methyl sites for hydroxylation is 1. The average Bonchev–Trinajstić information content (AvgIpc) is 2.61. The second-order valence-corrected chi connectivity index (χ2v) is 4.03. The Morgan fingerprint density at radius 3 is 2.81 bits per heavy atom. The molecule has 0 aliphatic heterocycles. The highest BCUT2D eigenvalue weighted by atomic mass is 16.4. The number of aliphatic imine (C=N–C) groups is 1. The molecule has 0 saturated carbocycles. The highest BCUT2D eigenvalue weighted by Crippen LogP contribution is 2.31. The largest absolute Gasteiger partial charge is 0.443 e. The van der Waals surface area contributed by atoms with Crippen LogP contribution in [-0.4, -0.2) is 6.21 Å². The fourth-order valence-corrected chi connectivity index (χ4v) is 1.56. The smallest absolute Gasteiger partial charge is 0.226 e. The van der Waals surface area contributed by atoms with Gasteiger partial charge in [-0.2, -0.15) is 0 Å². The summed E-state index contributed by atoms with van der Waals surface area (Å²) >= 11 is 0. The van der Waals surface area contributed by atoms with Crippen LogP contribution >= 0.6 is 0 Å². The van der Waals surface area contributed by atoms with Gasteiger partial charge in [-0.3, -0.25) is 0 Å². The second-order valence-electron chi connectivity index (χ2n) is 4.03. The molecule has 1 aromatic rings. The molecule has 1 aromatic heterocycles. The highest BCUT2D eigenvalue weighted by molar-refractivity contribution is 5.74. The van der Waals surface area contributed by atoms with E-state index in [2.05, 4.69) is 25.4 Å². The first-order valence-electron chi connectivity index (χ1n) is 6.00. The van der Waals surface area contributed by atoms with Gasteiger partial charge in [0.2, 0.25) is 5.88 Å². The van der Waals surface area contributed by atoms with Gasteiger partial charge < -0.3 is 4.42 Å². The zero-order chi connectivity index (χ0) is 12.0. The van der Waals surface area contributed by atoms with E-state index in [1.54, 1.807) is 0 Å². The van der Waals surface area contributed by atoms with Crippen molar-refractivity contribution in [3.05, 3.63) is 24.0 Å². The van der Waals surface area contributed by atoms with E-state index < -0.39 is 0 Å². The van der Waals surface area contributed by atoms with Gasteiger partial charge in [0.15, 0.2) is 0 Å².